The highest BCUT2D eigenvalue weighted by atomic mass is 19.1. The first-order valence-electron chi connectivity index (χ1n) is 12.8. The number of rotatable bonds is 8. The second-order valence-electron chi connectivity index (χ2n) is 9.92. The largest absolute Gasteiger partial charge is 0.481 e. The lowest BCUT2D eigenvalue weighted by molar-refractivity contribution is -0.139. The normalized spacial score (nSPS) is 17.0. The van der Waals surface area contributed by atoms with Crippen LogP contribution in [0.1, 0.15) is 81.8 Å². The van der Waals surface area contributed by atoms with E-state index in [2.05, 4.69) is 33.9 Å². The Bertz CT molecular complexity index is 1120. The molecule has 3 atom stereocenters. The van der Waals surface area contributed by atoms with Crippen molar-refractivity contribution >= 4 is 17.6 Å². The van der Waals surface area contributed by atoms with Crippen molar-refractivity contribution in [2.45, 2.75) is 77.9 Å². The molecule has 3 N–H and O–H groups in total. The molecule has 2 aromatic rings. The number of benzene rings is 1. The van der Waals surface area contributed by atoms with E-state index in [1.165, 1.54) is 12.1 Å². The molecule has 0 radical (unpaired) electrons. The zero-order chi connectivity index (χ0) is 27.7. The molecule has 0 saturated carbocycles. The van der Waals surface area contributed by atoms with Crippen LogP contribution >= 0.6 is 0 Å². The van der Waals surface area contributed by atoms with Gasteiger partial charge in [0, 0.05) is 12.0 Å². The smallest absolute Gasteiger partial charge is 0.305 e. The predicted molar refractivity (Wildman–Crippen MR) is 149 cm³/mol. The van der Waals surface area contributed by atoms with Crippen molar-refractivity contribution in [3.05, 3.63) is 77.9 Å². The Morgan fingerprint density at radius 3 is 2.43 bits per heavy atom. The van der Waals surface area contributed by atoms with Crippen LogP contribution in [0.15, 0.2) is 49.6 Å². The number of carbonyl (C=O) groups is 1. The number of hydrogen-bond acceptors (Lipinski definition) is 4. The van der Waals surface area contributed by atoms with E-state index in [0.717, 1.165) is 58.5 Å². The van der Waals surface area contributed by atoms with Gasteiger partial charge in [-0.2, -0.15) is 0 Å². The van der Waals surface area contributed by atoms with Gasteiger partial charge in [-0.15, -0.1) is 6.58 Å². The average molecular weight is 510 g/mol. The van der Waals surface area contributed by atoms with Crippen LogP contribution in [0.3, 0.4) is 0 Å². The number of aliphatic hydroxyl groups is 2. The Balaban J connectivity index is 0.00000153. The first-order valence-corrected chi connectivity index (χ1v) is 12.8. The van der Waals surface area contributed by atoms with Crippen molar-refractivity contribution in [2.75, 3.05) is 0 Å². The number of pyridine rings is 1. The third-order valence-electron chi connectivity index (χ3n) is 6.42. The summed E-state index contributed by atoms with van der Waals surface area (Å²) in [6.45, 7) is 15.9. The second-order valence-corrected chi connectivity index (χ2v) is 9.92. The van der Waals surface area contributed by atoms with Gasteiger partial charge in [-0.05, 0) is 72.4 Å². The molecular weight excluding hydrogens is 469 g/mol. The molecule has 200 valence electrons. The lowest BCUT2D eigenvalue weighted by Crippen LogP contribution is -2.19. The molecule has 5 nitrogen and oxygen atoms in total. The van der Waals surface area contributed by atoms with Crippen molar-refractivity contribution in [3.63, 3.8) is 0 Å². The molecule has 1 unspecified atom stereocenters. The van der Waals surface area contributed by atoms with E-state index in [1.807, 2.05) is 6.92 Å². The van der Waals surface area contributed by atoms with Gasteiger partial charge in [-0.1, -0.05) is 57.7 Å². The highest BCUT2D eigenvalue weighted by Crippen LogP contribution is 2.41. The zero-order valence-electron chi connectivity index (χ0n) is 22.4. The topological polar surface area (TPSA) is 90.7 Å². The van der Waals surface area contributed by atoms with Crippen molar-refractivity contribution in [2.24, 2.45) is 5.92 Å². The van der Waals surface area contributed by atoms with Crippen LogP contribution in [-0.2, 0) is 11.2 Å². The quantitative estimate of drug-likeness (QED) is 0.269. The van der Waals surface area contributed by atoms with Crippen LogP contribution in [0.5, 0.6) is 0 Å². The molecule has 3 rings (SSSR count). The number of hydrogen-bond donors (Lipinski definition) is 3. The molecule has 1 aliphatic carbocycles. The molecule has 0 bridgehead atoms. The highest BCUT2D eigenvalue weighted by Gasteiger charge is 2.26. The molecule has 1 aromatic carbocycles. The monoisotopic (exact) mass is 509 g/mol. The van der Waals surface area contributed by atoms with Crippen molar-refractivity contribution in [1.82, 2.24) is 4.98 Å². The molecule has 1 heterocycles. The second kappa shape index (κ2) is 14.0. The zero-order valence-corrected chi connectivity index (χ0v) is 22.4. The van der Waals surface area contributed by atoms with Crippen LogP contribution in [0.4, 0.5) is 4.39 Å². The first-order chi connectivity index (χ1) is 17.5. The minimum atomic E-state index is -1.15. The number of allylic oxidation sites excluding steroid dienone is 2. The maximum atomic E-state index is 13.8. The lowest BCUT2D eigenvalue weighted by Gasteiger charge is -2.23. The van der Waals surface area contributed by atoms with Crippen molar-refractivity contribution < 1.29 is 24.5 Å². The number of aromatic nitrogens is 1. The molecule has 37 heavy (non-hydrogen) atoms. The van der Waals surface area contributed by atoms with Gasteiger partial charge in [0.25, 0.3) is 0 Å². The van der Waals surface area contributed by atoms with E-state index >= 15 is 0 Å². The SMILES string of the molecule is C=C1c2nc(C(C)C)c(/C=C/[C@@H](O)C[C@@H](O)CC(=O)O)c(-c3ccc(F)cc3)c2CCCC1C.C=CC. The Morgan fingerprint density at radius 2 is 1.86 bits per heavy atom. The van der Waals surface area contributed by atoms with Gasteiger partial charge in [0.1, 0.15) is 5.82 Å². The molecule has 0 amide bonds. The molecule has 1 aromatic heterocycles. The minimum Gasteiger partial charge on any atom is -0.481 e. The first kappa shape index (κ1) is 30.1. The summed E-state index contributed by atoms with van der Waals surface area (Å²) in [5, 5.41) is 29.2. The van der Waals surface area contributed by atoms with E-state index in [-0.39, 0.29) is 18.2 Å². The highest BCUT2D eigenvalue weighted by molar-refractivity contribution is 5.84. The van der Waals surface area contributed by atoms with Crippen LogP contribution < -0.4 is 0 Å². The summed E-state index contributed by atoms with van der Waals surface area (Å²) in [5.41, 5.74) is 6.50. The summed E-state index contributed by atoms with van der Waals surface area (Å²) in [6.07, 6.45) is 5.26. The maximum absolute atomic E-state index is 13.8. The third kappa shape index (κ3) is 8.20. The molecular formula is C31H40FNO4. The van der Waals surface area contributed by atoms with Crippen LogP contribution in [-0.4, -0.2) is 38.5 Å². The summed E-state index contributed by atoms with van der Waals surface area (Å²) in [4.78, 5) is 15.9. The number of halogens is 1. The van der Waals surface area contributed by atoms with E-state index in [0.29, 0.717) is 5.92 Å². The molecule has 0 fully saturated rings. The summed E-state index contributed by atoms with van der Waals surface area (Å²) >= 11 is 0. The fraction of sp³-hybridized carbons (Fsp3) is 0.419. The van der Waals surface area contributed by atoms with Crippen molar-refractivity contribution in [3.8, 4) is 11.1 Å². The summed E-state index contributed by atoms with van der Waals surface area (Å²) in [5.74, 6) is -1.04. The average Bonchev–Trinajstić information content (AvgIpc) is 2.95. The molecule has 1 aliphatic rings. The van der Waals surface area contributed by atoms with Gasteiger partial charge in [0.2, 0.25) is 0 Å². The van der Waals surface area contributed by atoms with Crippen LogP contribution in [0.25, 0.3) is 22.8 Å². The van der Waals surface area contributed by atoms with E-state index < -0.39 is 24.6 Å². The van der Waals surface area contributed by atoms with Gasteiger partial charge in [0.05, 0.1) is 30.0 Å². The standard InChI is InChI=1S/C28H34FNO4.C3H6/c1-16(2)27-24(13-12-21(31)14-22(32)15-25(33)34)26(19-8-10-20(29)11-9-19)23-7-5-6-17(3)18(4)28(23)30-27;1-3-2/h8-13,16-17,21-22,31-32H,4-7,14-15H2,1-3H3,(H,33,34);3H,1H2,2H3/b13-12+;/t17?,21-,22-;/m1./s1. The fourth-order valence-electron chi connectivity index (χ4n) is 4.56. The molecule has 0 aliphatic heterocycles. The number of aliphatic carboxylic acids is 1. The summed E-state index contributed by atoms with van der Waals surface area (Å²) < 4.78 is 13.8. The van der Waals surface area contributed by atoms with Gasteiger partial charge < -0.3 is 15.3 Å². The number of carboxylic acids is 1. The third-order valence-corrected chi connectivity index (χ3v) is 6.42. The van der Waals surface area contributed by atoms with E-state index in [1.54, 1.807) is 30.4 Å². The fourth-order valence-corrected chi connectivity index (χ4v) is 4.56. The lowest BCUT2D eigenvalue weighted by atomic mass is 9.86. The van der Waals surface area contributed by atoms with Crippen LogP contribution in [0, 0.1) is 11.7 Å². The number of fused-ring (bicyclic) bond motifs is 1. The number of carboxylic acid groups (broad SMARTS) is 1. The predicted octanol–water partition coefficient (Wildman–Crippen LogP) is 6.79. The Hall–Kier alpha value is -3.09. The van der Waals surface area contributed by atoms with E-state index in [9.17, 15) is 19.4 Å². The number of nitrogens with zero attached hydrogens (tertiary/aromatic N) is 1. The van der Waals surface area contributed by atoms with Crippen molar-refractivity contribution in [1.29, 1.82) is 0 Å². The van der Waals surface area contributed by atoms with Crippen LogP contribution in [0.2, 0.25) is 0 Å². The van der Waals surface area contributed by atoms with Gasteiger partial charge in [-0.3, -0.25) is 9.78 Å². The molecule has 0 spiro atoms. The Morgan fingerprint density at radius 1 is 1.24 bits per heavy atom. The Kier molecular flexibility index (Phi) is 11.4. The summed E-state index contributed by atoms with van der Waals surface area (Å²) in [7, 11) is 0. The van der Waals surface area contributed by atoms with Gasteiger partial charge in [-0.25, -0.2) is 4.39 Å². The Labute approximate surface area is 220 Å². The minimum absolute atomic E-state index is 0.0743. The molecule has 0 saturated heterocycles. The summed E-state index contributed by atoms with van der Waals surface area (Å²) in [6, 6.07) is 6.40. The molecule has 6 heteroatoms. The number of aliphatic hydroxyl groups excluding tert-OH is 2. The van der Waals surface area contributed by atoms with Gasteiger partial charge in [0.15, 0.2) is 0 Å². The van der Waals surface area contributed by atoms with E-state index in [4.69, 9.17) is 10.1 Å². The van der Waals surface area contributed by atoms with Gasteiger partial charge >= 0.3 is 5.97 Å². The maximum Gasteiger partial charge on any atom is 0.305 e.